The first-order valence-corrected chi connectivity index (χ1v) is 7.90. The van der Waals surface area contributed by atoms with Crippen molar-refractivity contribution in [2.75, 3.05) is 19.6 Å². The molecule has 0 radical (unpaired) electrons. The lowest BCUT2D eigenvalue weighted by Gasteiger charge is -2.46. The standard InChI is InChI=1S/C16H19F2N5/c1-11-19-20-15-10-22(5-6-23(11)15)13-8-21(9-13)7-12-3-2-4-14(17)16(12)18/h2-4,13H,5-10H2,1H3. The van der Waals surface area contributed by atoms with Crippen molar-refractivity contribution in [3.8, 4) is 0 Å². The van der Waals surface area contributed by atoms with E-state index in [9.17, 15) is 8.78 Å². The molecule has 0 saturated carbocycles. The van der Waals surface area contributed by atoms with E-state index in [0.29, 0.717) is 18.2 Å². The van der Waals surface area contributed by atoms with Gasteiger partial charge in [-0.15, -0.1) is 10.2 Å². The predicted octanol–water partition coefficient (Wildman–Crippen LogP) is 1.56. The van der Waals surface area contributed by atoms with Gasteiger partial charge in [-0.25, -0.2) is 8.78 Å². The highest BCUT2D eigenvalue weighted by molar-refractivity contribution is 5.19. The number of benzene rings is 1. The molecule has 1 aromatic carbocycles. The molecule has 0 N–H and O–H groups in total. The number of halogens is 2. The summed E-state index contributed by atoms with van der Waals surface area (Å²) in [5, 5.41) is 8.35. The topological polar surface area (TPSA) is 37.2 Å². The lowest BCUT2D eigenvalue weighted by atomic mass is 10.0. The summed E-state index contributed by atoms with van der Waals surface area (Å²) in [5.74, 6) is 0.489. The molecule has 0 aliphatic carbocycles. The van der Waals surface area contributed by atoms with E-state index in [4.69, 9.17) is 0 Å². The highest BCUT2D eigenvalue weighted by Crippen LogP contribution is 2.23. The van der Waals surface area contributed by atoms with Crippen LogP contribution in [-0.2, 0) is 19.6 Å². The maximum Gasteiger partial charge on any atom is 0.163 e. The Morgan fingerprint density at radius 3 is 2.83 bits per heavy atom. The fourth-order valence-electron chi connectivity index (χ4n) is 3.45. The van der Waals surface area contributed by atoms with Gasteiger partial charge >= 0.3 is 0 Å². The minimum absolute atomic E-state index is 0.428. The van der Waals surface area contributed by atoms with Crippen LogP contribution in [0, 0.1) is 18.6 Å². The molecule has 4 rings (SSSR count). The van der Waals surface area contributed by atoms with Crippen LogP contribution in [0.2, 0.25) is 0 Å². The molecule has 1 fully saturated rings. The molecule has 122 valence electrons. The van der Waals surface area contributed by atoms with Crippen molar-refractivity contribution < 1.29 is 8.78 Å². The number of aromatic nitrogens is 3. The third-order valence-electron chi connectivity index (χ3n) is 4.85. The van der Waals surface area contributed by atoms with Crippen LogP contribution in [0.15, 0.2) is 18.2 Å². The fraction of sp³-hybridized carbons (Fsp3) is 0.500. The normalized spacial score (nSPS) is 19.6. The molecule has 7 heteroatoms. The van der Waals surface area contributed by atoms with Gasteiger partial charge in [-0.2, -0.15) is 0 Å². The van der Waals surface area contributed by atoms with E-state index in [-0.39, 0.29) is 0 Å². The maximum absolute atomic E-state index is 13.7. The molecular formula is C16H19F2N5. The highest BCUT2D eigenvalue weighted by atomic mass is 19.2. The molecule has 3 heterocycles. The van der Waals surface area contributed by atoms with Gasteiger partial charge in [-0.3, -0.25) is 9.80 Å². The zero-order valence-corrected chi connectivity index (χ0v) is 13.0. The molecule has 1 saturated heterocycles. The highest BCUT2D eigenvalue weighted by Gasteiger charge is 2.34. The molecule has 0 unspecified atom stereocenters. The minimum Gasteiger partial charge on any atom is -0.313 e. The summed E-state index contributed by atoms with van der Waals surface area (Å²) in [6.07, 6.45) is 0. The number of fused-ring (bicyclic) bond motifs is 1. The zero-order valence-electron chi connectivity index (χ0n) is 13.0. The Kier molecular flexibility index (Phi) is 3.61. The van der Waals surface area contributed by atoms with Crippen molar-refractivity contribution in [2.24, 2.45) is 0 Å². The minimum atomic E-state index is -0.773. The summed E-state index contributed by atoms with van der Waals surface area (Å²) in [6.45, 7) is 6.91. The molecule has 2 aliphatic heterocycles. The Balaban J connectivity index is 1.34. The number of hydrogen-bond acceptors (Lipinski definition) is 4. The van der Waals surface area contributed by atoms with Crippen molar-refractivity contribution in [1.82, 2.24) is 24.6 Å². The van der Waals surface area contributed by atoms with Crippen molar-refractivity contribution in [3.05, 3.63) is 47.0 Å². The monoisotopic (exact) mass is 319 g/mol. The van der Waals surface area contributed by atoms with Crippen molar-refractivity contribution in [3.63, 3.8) is 0 Å². The molecule has 2 aliphatic rings. The van der Waals surface area contributed by atoms with Crippen molar-refractivity contribution in [1.29, 1.82) is 0 Å². The Labute approximate surface area is 133 Å². The number of likely N-dealkylation sites (tertiary alicyclic amines) is 1. The van der Waals surface area contributed by atoms with Gasteiger partial charge in [-0.05, 0) is 13.0 Å². The van der Waals surface area contributed by atoms with Crippen molar-refractivity contribution >= 4 is 0 Å². The van der Waals surface area contributed by atoms with Gasteiger partial charge in [0.1, 0.15) is 11.6 Å². The van der Waals surface area contributed by atoms with E-state index in [1.807, 2.05) is 6.92 Å². The van der Waals surface area contributed by atoms with Gasteiger partial charge in [0.2, 0.25) is 0 Å². The van der Waals surface area contributed by atoms with E-state index >= 15 is 0 Å². The van der Waals surface area contributed by atoms with E-state index in [1.165, 1.54) is 0 Å². The first kappa shape index (κ1) is 14.7. The van der Waals surface area contributed by atoms with Crippen LogP contribution in [0.25, 0.3) is 0 Å². The molecule has 1 aromatic heterocycles. The molecule has 2 aromatic rings. The smallest absolute Gasteiger partial charge is 0.163 e. The van der Waals surface area contributed by atoms with Gasteiger partial charge < -0.3 is 4.57 Å². The molecule has 0 amide bonds. The Morgan fingerprint density at radius 1 is 1.17 bits per heavy atom. The average Bonchev–Trinajstić information content (AvgIpc) is 2.87. The van der Waals surface area contributed by atoms with Gasteiger partial charge in [0, 0.05) is 44.3 Å². The predicted molar refractivity (Wildman–Crippen MR) is 80.6 cm³/mol. The lowest BCUT2D eigenvalue weighted by Crippen LogP contribution is -2.60. The van der Waals surface area contributed by atoms with Crippen LogP contribution in [-0.4, -0.2) is 50.2 Å². The molecule has 23 heavy (non-hydrogen) atoms. The summed E-state index contributed by atoms with van der Waals surface area (Å²) < 4.78 is 29.1. The Morgan fingerprint density at radius 2 is 2.00 bits per heavy atom. The third-order valence-corrected chi connectivity index (χ3v) is 4.85. The third kappa shape index (κ3) is 2.64. The van der Waals surface area contributed by atoms with E-state index in [2.05, 4.69) is 24.6 Å². The quantitative estimate of drug-likeness (QED) is 0.860. The first-order chi connectivity index (χ1) is 11.1. The second-order valence-electron chi connectivity index (χ2n) is 6.35. The summed E-state index contributed by atoms with van der Waals surface area (Å²) in [7, 11) is 0. The Bertz CT molecular complexity index is 723. The van der Waals surface area contributed by atoms with E-state index in [0.717, 1.165) is 50.4 Å². The summed E-state index contributed by atoms with van der Waals surface area (Å²) in [5.41, 5.74) is 0.428. The number of rotatable bonds is 3. The SMILES string of the molecule is Cc1nnc2n1CCN(C1CN(Cc3cccc(F)c3F)C1)C2. The molecule has 0 atom stereocenters. The summed E-state index contributed by atoms with van der Waals surface area (Å²) in [4.78, 5) is 4.55. The van der Waals surface area contributed by atoms with E-state index < -0.39 is 11.6 Å². The fourth-order valence-corrected chi connectivity index (χ4v) is 3.45. The Hall–Kier alpha value is -1.86. The second kappa shape index (κ2) is 5.65. The summed E-state index contributed by atoms with van der Waals surface area (Å²) >= 11 is 0. The van der Waals surface area contributed by atoms with Crippen LogP contribution in [0.4, 0.5) is 8.78 Å². The zero-order chi connectivity index (χ0) is 16.0. The molecule has 0 bridgehead atoms. The first-order valence-electron chi connectivity index (χ1n) is 7.90. The number of hydrogen-bond donors (Lipinski definition) is 0. The van der Waals surface area contributed by atoms with Gasteiger partial charge in [-0.1, -0.05) is 12.1 Å². The average molecular weight is 319 g/mol. The van der Waals surface area contributed by atoms with Crippen LogP contribution in [0.1, 0.15) is 17.2 Å². The van der Waals surface area contributed by atoms with Crippen LogP contribution in [0.5, 0.6) is 0 Å². The maximum atomic E-state index is 13.7. The van der Waals surface area contributed by atoms with E-state index in [1.54, 1.807) is 12.1 Å². The van der Waals surface area contributed by atoms with Crippen molar-refractivity contribution in [2.45, 2.75) is 32.6 Å². The van der Waals surface area contributed by atoms with Gasteiger partial charge in [0.05, 0.1) is 6.54 Å². The molecule has 5 nitrogen and oxygen atoms in total. The lowest BCUT2D eigenvalue weighted by molar-refractivity contribution is 0.0122. The molecule has 0 spiro atoms. The molecular weight excluding hydrogens is 300 g/mol. The number of aryl methyl sites for hydroxylation is 1. The van der Waals surface area contributed by atoms with Crippen LogP contribution < -0.4 is 0 Å². The second-order valence-corrected chi connectivity index (χ2v) is 6.35. The van der Waals surface area contributed by atoms with Crippen LogP contribution in [0.3, 0.4) is 0 Å². The largest absolute Gasteiger partial charge is 0.313 e. The summed E-state index contributed by atoms with van der Waals surface area (Å²) in [6, 6.07) is 4.82. The van der Waals surface area contributed by atoms with Crippen LogP contribution >= 0.6 is 0 Å². The van der Waals surface area contributed by atoms with Gasteiger partial charge in [0.15, 0.2) is 11.6 Å². The number of nitrogens with zero attached hydrogens (tertiary/aromatic N) is 5. The van der Waals surface area contributed by atoms with Gasteiger partial charge in [0.25, 0.3) is 0 Å².